The SMILES string of the molecule is CC(=O)c1c(C)c2cnc(Nc3ccc(N4CCN(CC(=O)NCCSSCCN(CC(=O)Nc5cccc6c5C(=O)N(C5CCC(=O)NC5=O)C6=O)C(=O)CCCCCCCCC(=O)N5CCC(c6cc(OC(C)C)c(Nc7ncc(Cl)c(Nc8ccccc8S(=O)(=O)C(C)C)n7)cc6C)CC5)CC4)cn3)nc2n(C2CCCC2)c1=O. The smallest absolute Gasteiger partial charge is 0.264 e. The first-order valence-corrected chi connectivity index (χ1v) is 44.7. The van der Waals surface area contributed by atoms with Crippen LogP contribution >= 0.6 is 33.2 Å². The lowest BCUT2D eigenvalue weighted by Gasteiger charge is -2.35. The molecule has 30 nitrogen and oxygen atoms in total. The lowest BCUT2D eigenvalue weighted by Crippen LogP contribution is -2.54. The molecule has 34 heteroatoms. The number of hydrogen-bond donors (Lipinski definition) is 6. The van der Waals surface area contributed by atoms with Crippen molar-refractivity contribution in [2.24, 2.45) is 0 Å². The molecule has 3 saturated heterocycles. The highest BCUT2D eigenvalue weighted by Crippen LogP contribution is 2.41. The Balaban J connectivity index is 0.571. The molecule has 7 aromatic rings. The third kappa shape index (κ3) is 21.3. The Hall–Kier alpha value is -10.1. The summed E-state index contributed by atoms with van der Waals surface area (Å²) < 4.78 is 34.5. The molecule has 0 bridgehead atoms. The van der Waals surface area contributed by atoms with Gasteiger partial charge in [-0.2, -0.15) is 9.97 Å². The van der Waals surface area contributed by atoms with Gasteiger partial charge in [0.1, 0.15) is 28.3 Å². The number of sulfone groups is 1. The molecule has 1 saturated carbocycles. The Labute approximate surface area is 693 Å². The molecule has 4 aromatic heterocycles. The maximum Gasteiger partial charge on any atom is 0.264 e. The number of aryl methyl sites for hydroxylation is 2. The van der Waals surface area contributed by atoms with E-state index in [0.717, 1.165) is 92.3 Å². The van der Waals surface area contributed by atoms with Crippen molar-refractivity contribution in [3.63, 3.8) is 0 Å². The van der Waals surface area contributed by atoms with Crippen LogP contribution in [0.15, 0.2) is 95.0 Å². The van der Waals surface area contributed by atoms with E-state index in [2.05, 4.69) is 67.7 Å². The number of imide groups is 2. The Morgan fingerprint density at radius 1 is 0.718 bits per heavy atom. The van der Waals surface area contributed by atoms with E-state index >= 15 is 0 Å². The quantitative estimate of drug-likeness (QED) is 0.00919. The highest BCUT2D eigenvalue weighted by molar-refractivity contribution is 8.76. The number of nitrogens with zero attached hydrogens (tertiary/aromatic N) is 11. The van der Waals surface area contributed by atoms with Crippen LogP contribution in [0.1, 0.15) is 197 Å². The molecule has 0 radical (unpaired) electrons. The average molecular weight is 1680 g/mol. The molecule has 1 atom stereocenters. The molecule has 12 rings (SSSR count). The second-order valence-corrected chi connectivity index (χ2v) is 36.4. The number of anilines is 8. The van der Waals surface area contributed by atoms with Crippen LogP contribution in [0.3, 0.4) is 0 Å². The van der Waals surface area contributed by atoms with Gasteiger partial charge in [0, 0.05) is 101 Å². The molecule has 4 fully saturated rings. The van der Waals surface area contributed by atoms with Crippen molar-refractivity contribution in [3.05, 3.63) is 134 Å². The molecule has 622 valence electrons. The van der Waals surface area contributed by atoms with Crippen LogP contribution in [0.5, 0.6) is 5.75 Å². The lowest BCUT2D eigenvalue weighted by molar-refractivity contribution is -0.136. The first kappa shape index (κ1) is 86.3. The number of carbonyl (C=O) groups is 9. The van der Waals surface area contributed by atoms with E-state index in [0.29, 0.717) is 110 Å². The van der Waals surface area contributed by atoms with Gasteiger partial charge < -0.3 is 46.0 Å². The maximum absolute atomic E-state index is 14.1. The van der Waals surface area contributed by atoms with Crippen LogP contribution in [0, 0.1) is 13.8 Å². The number of fused-ring (bicyclic) bond motifs is 2. The highest BCUT2D eigenvalue weighted by Gasteiger charge is 2.46. The molecule has 1 unspecified atom stereocenters. The van der Waals surface area contributed by atoms with Crippen molar-refractivity contribution < 1.29 is 56.3 Å². The number of ketones is 1. The zero-order valence-electron chi connectivity index (χ0n) is 67.1. The number of carbonyl (C=O) groups excluding carboxylic acids is 9. The summed E-state index contributed by atoms with van der Waals surface area (Å²) in [5.41, 5.74) is 4.97. The molecule has 4 aliphatic heterocycles. The van der Waals surface area contributed by atoms with Crippen LogP contribution in [0.25, 0.3) is 11.0 Å². The van der Waals surface area contributed by atoms with Gasteiger partial charge in [-0.05, 0) is 165 Å². The Kier molecular flexibility index (Phi) is 29.1. The first-order chi connectivity index (χ1) is 56.2. The van der Waals surface area contributed by atoms with E-state index < -0.39 is 50.7 Å². The minimum Gasteiger partial charge on any atom is -0.489 e. The number of halogens is 1. The van der Waals surface area contributed by atoms with Crippen molar-refractivity contribution in [2.45, 2.75) is 185 Å². The van der Waals surface area contributed by atoms with Gasteiger partial charge in [-0.3, -0.25) is 67.6 Å². The molecule has 6 N–H and O–H groups in total. The second kappa shape index (κ2) is 39.4. The molecular weight excluding hydrogens is 1570 g/mol. The number of aromatic nitrogens is 6. The summed E-state index contributed by atoms with van der Waals surface area (Å²) in [6.45, 7) is 16.8. The number of rotatable bonds is 36. The fourth-order valence-corrected chi connectivity index (χ4v) is 18.9. The zero-order chi connectivity index (χ0) is 83.2. The summed E-state index contributed by atoms with van der Waals surface area (Å²) in [4.78, 5) is 165. The average Bonchev–Trinajstić information content (AvgIpc) is 1.74. The number of Topliss-reactive ketones (excluding diaryl/α,β-unsaturated/α-hetero) is 1. The number of piperazine rings is 1. The van der Waals surface area contributed by atoms with Crippen molar-refractivity contribution in [1.82, 2.24) is 59.7 Å². The van der Waals surface area contributed by atoms with E-state index in [1.54, 1.807) is 62.0 Å². The number of amides is 8. The van der Waals surface area contributed by atoms with E-state index in [1.807, 2.05) is 43.9 Å². The molecule has 8 heterocycles. The van der Waals surface area contributed by atoms with E-state index in [1.165, 1.54) is 57.8 Å². The number of unbranched alkanes of at least 4 members (excludes halogenated alkanes) is 5. The number of ether oxygens (including phenoxy) is 1. The Morgan fingerprint density at radius 2 is 1.42 bits per heavy atom. The van der Waals surface area contributed by atoms with Crippen LogP contribution in [0.4, 0.5) is 46.3 Å². The third-order valence-electron chi connectivity index (χ3n) is 21.9. The summed E-state index contributed by atoms with van der Waals surface area (Å²) in [7, 11) is -0.598. The summed E-state index contributed by atoms with van der Waals surface area (Å²) >= 11 is 6.57. The monoisotopic (exact) mass is 1680 g/mol. The van der Waals surface area contributed by atoms with Crippen molar-refractivity contribution >= 4 is 153 Å². The number of likely N-dealkylation sites (tertiary alicyclic amines) is 1. The van der Waals surface area contributed by atoms with Gasteiger partial charge in [0.15, 0.2) is 21.4 Å². The number of pyridine rings is 2. The van der Waals surface area contributed by atoms with Gasteiger partial charge in [-0.1, -0.05) is 89.9 Å². The Morgan fingerprint density at radius 3 is 2.13 bits per heavy atom. The zero-order valence-corrected chi connectivity index (χ0v) is 70.3. The molecule has 3 aromatic carbocycles. The lowest BCUT2D eigenvalue weighted by atomic mass is 9.86. The molecule has 1 aliphatic carbocycles. The molecule has 0 spiro atoms. The summed E-state index contributed by atoms with van der Waals surface area (Å²) in [6.07, 6.45) is 15.1. The van der Waals surface area contributed by atoms with Crippen LogP contribution < -0.4 is 47.1 Å². The van der Waals surface area contributed by atoms with Gasteiger partial charge in [0.2, 0.25) is 47.3 Å². The highest BCUT2D eigenvalue weighted by atomic mass is 35.5. The summed E-state index contributed by atoms with van der Waals surface area (Å²) in [5.74, 6) is -0.755. The van der Waals surface area contributed by atoms with Crippen molar-refractivity contribution in [2.75, 3.05) is 103 Å². The molecule has 5 aliphatic rings. The van der Waals surface area contributed by atoms with Crippen LogP contribution in [0.2, 0.25) is 5.02 Å². The van der Waals surface area contributed by atoms with Gasteiger partial charge in [0.05, 0.1) is 81.2 Å². The Bertz CT molecular complexity index is 5070. The van der Waals surface area contributed by atoms with Crippen molar-refractivity contribution in [3.8, 4) is 5.75 Å². The fourth-order valence-electron chi connectivity index (χ4n) is 15.7. The number of hydrogen-bond acceptors (Lipinski definition) is 25. The number of nitrogens with one attached hydrogen (secondary N) is 6. The standard InChI is InChI=1S/C83H102ClN17O13S3/c1-50(2)114-66-44-59(52(5)43-64(66)91-82-88-47-61(84)76(94-82)90-62-22-16-17-24-67(62)117(112,113)51(3)4)55-31-34-98(35-32-55)72(106)25-12-10-8-9-11-13-26-73(107)99(49-71(105)89-63-23-18-21-58-75(63)81(111)101(79(58)109)65-28-30-69(103)93-78(65)108)40-42-116-115-41-33-85-70(104)48-96-36-38-97(39-37-96)57-27-29-68(86-45-57)92-83-87-46-60-53(6)74(54(7)102)80(110)100(77(60)95-83)56-19-14-15-20-56/h16-18,21-24,27,29,43-47,50-51,55-56,65H,8-15,19-20,25-26,28,30-42,48-49H2,1-7H3,(H,85,104)(H,89,105)(H,93,103,108)(H,86,87,92,95)(H2,88,90,91,94). The fraction of sp³-hybridized carbons (Fsp3) is 0.482. The minimum absolute atomic E-state index is 0.00149. The number of para-hydroxylation sites is 1. The summed E-state index contributed by atoms with van der Waals surface area (Å²) in [6, 6.07) is 17.7. The van der Waals surface area contributed by atoms with E-state index in [-0.39, 0.29) is 136 Å². The first-order valence-electron chi connectivity index (χ1n) is 40.3. The predicted molar refractivity (Wildman–Crippen MR) is 453 cm³/mol. The number of piperidine rings is 2. The van der Waals surface area contributed by atoms with E-state index in [9.17, 15) is 56.4 Å². The largest absolute Gasteiger partial charge is 0.489 e. The van der Waals surface area contributed by atoms with Gasteiger partial charge >= 0.3 is 0 Å². The minimum atomic E-state index is -3.63. The predicted octanol–water partition coefficient (Wildman–Crippen LogP) is 11.8. The molecule has 8 amide bonds. The van der Waals surface area contributed by atoms with Crippen LogP contribution in [-0.4, -0.2) is 205 Å². The third-order valence-corrected chi connectivity index (χ3v) is 26.8. The summed E-state index contributed by atoms with van der Waals surface area (Å²) in [5, 5.41) is 17.8. The maximum atomic E-state index is 14.1. The van der Waals surface area contributed by atoms with Crippen molar-refractivity contribution in [1.29, 1.82) is 0 Å². The van der Waals surface area contributed by atoms with Crippen LogP contribution in [-0.2, 0) is 38.6 Å². The van der Waals surface area contributed by atoms with Gasteiger partial charge in [-0.25, -0.2) is 23.4 Å². The molecule has 117 heavy (non-hydrogen) atoms. The van der Waals surface area contributed by atoms with Gasteiger partial charge in [-0.15, -0.1) is 0 Å². The molecular formula is C83H102ClN17O13S3. The second-order valence-electron chi connectivity index (χ2n) is 30.8. The van der Waals surface area contributed by atoms with E-state index in [4.69, 9.17) is 21.3 Å². The normalized spacial score (nSPS) is 16.3. The topological polar surface area (TPSA) is 372 Å². The van der Waals surface area contributed by atoms with Gasteiger partial charge in [0.25, 0.3) is 17.4 Å². The number of benzene rings is 3.